The summed E-state index contributed by atoms with van der Waals surface area (Å²) in [7, 11) is 0. The Morgan fingerprint density at radius 1 is 0.449 bits per heavy atom. The lowest BCUT2D eigenvalue weighted by molar-refractivity contribution is 0.666. The molecule has 0 bridgehead atoms. The maximum Gasteiger partial charge on any atom is 0.160 e. The first-order valence-corrected chi connectivity index (χ1v) is 16.8. The van der Waals surface area contributed by atoms with E-state index in [9.17, 15) is 0 Å². The van der Waals surface area contributed by atoms with Gasteiger partial charge in [-0.05, 0) is 68.4 Å². The topological polar surface area (TPSA) is 38.7 Å². The smallest absolute Gasteiger partial charge is 0.160 e. The Morgan fingerprint density at radius 2 is 1.12 bits per heavy atom. The molecule has 0 atom stereocenters. The zero-order valence-corrected chi connectivity index (χ0v) is 27.4. The van der Waals surface area contributed by atoms with Gasteiger partial charge in [-0.1, -0.05) is 147 Å². The molecular formula is C46H33N3. The van der Waals surface area contributed by atoms with Crippen LogP contribution < -0.4 is 0 Å². The molecule has 0 amide bonds. The number of fused-ring (bicyclic) bond motifs is 5. The molecule has 0 aliphatic heterocycles. The second kappa shape index (κ2) is 11.5. The second-order valence-electron chi connectivity index (χ2n) is 13.3. The van der Waals surface area contributed by atoms with Gasteiger partial charge in [-0.2, -0.15) is 0 Å². The predicted molar refractivity (Wildman–Crippen MR) is 202 cm³/mol. The van der Waals surface area contributed by atoms with Crippen molar-refractivity contribution in [3.05, 3.63) is 175 Å². The average Bonchev–Trinajstić information content (AvgIpc) is 3.42. The van der Waals surface area contributed by atoms with Crippen LogP contribution in [0.15, 0.2) is 164 Å². The van der Waals surface area contributed by atoms with Crippen molar-refractivity contribution in [1.29, 1.82) is 0 Å². The lowest BCUT2D eigenvalue weighted by Gasteiger charge is -2.23. The molecule has 0 unspecified atom stereocenters. The van der Waals surface area contributed by atoms with Gasteiger partial charge in [0.2, 0.25) is 0 Å². The number of hydrogen-bond donors (Lipinski definition) is 0. The Bertz CT molecular complexity index is 2500. The van der Waals surface area contributed by atoms with Crippen LogP contribution in [0, 0.1) is 0 Å². The SMILES string of the molecule is CC1(C)c2cccc(-c3cccc(-c4cc(-c5ccc(-c6ccccn6)cc5)nc(-c5ccccc5)n4)c3)c2-c2ccc3ccccc3c21. The van der Waals surface area contributed by atoms with E-state index < -0.39 is 0 Å². The average molecular weight is 628 g/mol. The number of benzene rings is 6. The van der Waals surface area contributed by atoms with E-state index in [-0.39, 0.29) is 5.41 Å². The van der Waals surface area contributed by atoms with E-state index in [1.54, 1.807) is 0 Å². The molecule has 49 heavy (non-hydrogen) atoms. The minimum Gasteiger partial charge on any atom is -0.256 e. The first kappa shape index (κ1) is 29.0. The van der Waals surface area contributed by atoms with Crippen LogP contribution in [-0.2, 0) is 5.41 Å². The van der Waals surface area contributed by atoms with Gasteiger partial charge in [0.1, 0.15) is 0 Å². The summed E-state index contributed by atoms with van der Waals surface area (Å²) in [4.78, 5) is 14.7. The molecule has 3 heteroatoms. The van der Waals surface area contributed by atoms with Crippen molar-refractivity contribution in [3.8, 4) is 67.4 Å². The molecule has 232 valence electrons. The molecule has 1 aliphatic rings. The van der Waals surface area contributed by atoms with Crippen LogP contribution in [0.3, 0.4) is 0 Å². The molecular weight excluding hydrogens is 595 g/mol. The van der Waals surface area contributed by atoms with Crippen molar-refractivity contribution in [3.63, 3.8) is 0 Å². The minimum absolute atomic E-state index is 0.114. The van der Waals surface area contributed by atoms with E-state index in [4.69, 9.17) is 9.97 Å². The van der Waals surface area contributed by atoms with E-state index in [0.29, 0.717) is 5.82 Å². The molecule has 0 saturated heterocycles. The monoisotopic (exact) mass is 627 g/mol. The molecule has 6 aromatic carbocycles. The van der Waals surface area contributed by atoms with Gasteiger partial charge in [0.25, 0.3) is 0 Å². The third-order valence-electron chi connectivity index (χ3n) is 9.93. The van der Waals surface area contributed by atoms with Crippen LogP contribution in [0.1, 0.15) is 25.0 Å². The maximum absolute atomic E-state index is 5.14. The Hall–Kier alpha value is -6.19. The quantitative estimate of drug-likeness (QED) is 0.191. The summed E-state index contributed by atoms with van der Waals surface area (Å²) >= 11 is 0. The Kier molecular flexibility index (Phi) is 6.80. The normalized spacial score (nSPS) is 12.9. The van der Waals surface area contributed by atoms with Gasteiger partial charge >= 0.3 is 0 Å². The fraction of sp³-hybridized carbons (Fsp3) is 0.0652. The first-order chi connectivity index (χ1) is 24.0. The summed E-state index contributed by atoms with van der Waals surface area (Å²) in [6, 6.07) is 55.7. The van der Waals surface area contributed by atoms with Crippen LogP contribution in [0.25, 0.3) is 78.2 Å². The summed E-state index contributed by atoms with van der Waals surface area (Å²) in [6.45, 7) is 4.72. The van der Waals surface area contributed by atoms with Crippen molar-refractivity contribution < 1.29 is 0 Å². The summed E-state index contributed by atoms with van der Waals surface area (Å²) in [5, 5.41) is 2.61. The predicted octanol–water partition coefficient (Wildman–Crippen LogP) is 11.7. The second-order valence-corrected chi connectivity index (χ2v) is 13.3. The molecule has 8 aromatic rings. The van der Waals surface area contributed by atoms with E-state index in [0.717, 1.165) is 39.3 Å². The maximum atomic E-state index is 5.14. The summed E-state index contributed by atoms with van der Waals surface area (Å²) < 4.78 is 0. The molecule has 0 spiro atoms. The molecule has 0 saturated carbocycles. The van der Waals surface area contributed by atoms with E-state index in [2.05, 4.69) is 140 Å². The van der Waals surface area contributed by atoms with E-state index in [1.807, 2.05) is 42.6 Å². The molecule has 2 heterocycles. The standard InChI is InChI=1S/C46H33N3/c1-46(2)39-19-11-18-36(43(39)38-26-25-30-12-6-7-17-37(30)44(38)46)34-15-10-16-35(28-34)42-29-41(48-45(49-42)33-13-4-3-5-14-33)32-23-21-31(22-24-32)40-20-8-9-27-47-40/h3-29H,1-2H3. The number of rotatable bonds is 5. The highest BCUT2D eigenvalue weighted by molar-refractivity contribution is 6.01. The summed E-state index contributed by atoms with van der Waals surface area (Å²) in [5.41, 5.74) is 14.6. The number of hydrogen-bond acceptors (Lipinski definition) is 3. The summed E-state index contributed by atoms with van der Waals surface area (Å²) in [6.07, 6.45) is 1.82. The Labute approximate surface area is 286 Å². The highest BCUT2D eigenvalue weighted by Gasteiger charge is 2.38. The fourth-order valence-electron chi connectivity index (χ4n) is 7.54. The van der Waals surface area contributed by atoms with E-state index in [1.165, 1.54) is 44.2 Å². The first-order valence-electron chi connectivity index (χ1n) is 16.8. The van der Waals surface area contributed by atoms with Crippen LogP contribution in [0.2, 0.25) is 0 Å². The largest absolute Gasteiger partial charge is 0.256 e. The molecule has 3 nitrogen and oxygen atoms in total. The van der Waals surface area contributed by atoms with Gasteiger partial charge in [-0.15, -0.1) is 0 Å². The third-order valence-corrected chi connectivity index (χ3v) is 9.93. The van der Waals surface area contributed by atoms with Gasteiger partial charge in [0.15, 0.2) is 5.82 Å². The highest BCUT2D eigenvalue weighted by Crippen LogP contribution is 2.54. The van der Waals surface area contributed by atoms with E-state index >= 15 is 0 Å². The number of pyridine rings is 1. The summed E-state index contributed by atoms with van der Waals surface area (Å²) in [5.74, 6) is 0.704. The molecule has 0 N–H and O–H groups in total. The highest BCUT2D eigenvalue weighted by atomic mass is 14.9. The van der Waals surface area contributed by atoms with Crippen molar-refractivity contribution >= 4 is 10.8 Å². The molecule has 0 radical (unpaired) electrons. The zero-order valence-electron chi connectivity index (χ0n) is 27.4. The minimum atomic E-state index is -0.114. The van der Waals surface area contributed by atoms with Crippen molar-refractivity contribution in [1.82, 2.24) is 15.0 Å². The molecule has 0 fully saturated rings. The van der Waals surface area contributed by atoms with Gasteiger partial charge in [-0.25, -0.2) is 9.97 Å². The number of nitrogens with zero attached hydrogens (tertiary/aromatic N) is 3. The molecule has 9 rings (SSSR count). The lowest BCUT2D eigenvalue weighted by atomic mass is 9.80. The van der Waals surface area contributed by atoms with Crippen LogP contribution in [0.4, 0.5) is 0 Å². The van der Waals surface area contributed by atoms with Crippen LogP contribution >= 0.6 is 0 Å². The van der Waals surface area contributed by atoms with Crippen molar-refractivity contribution in [2.75, 3.05) is 0 Å². The van der Waals surface area contributed by atoms with Gasteiger partial charge < -0.3 is 0 Å². The Morgan fingerprint density at radius 3 is 1.92 bits per heavy atom. The molecule has 2 aromatic heterocycles. The molecule has 1 aliphatic carbocycles. The van der Waals surface area contributed by atoms with Crippen LogP contribution in [0.5, 0.6) is 0 Å². The zero-order chi connectivity index (χ0) is 33.0. The van der Waals surface area contributed by atoms with Crippen molar-refractivity contribution in [2.45, 2.75) is 19.3 Å². The van der Waals surface area contributed by atoms with Crippen molar-refractivity contribution in [2.24, 2.45) is 0 Å². The number of aromatic nitrogens is 3. The fourth-order valence-corrected chi connectivity index (χ4v) is 7.54. The van der Waals surface area contributed by atoms with Crippen LogP contribution in [-0.4, -0.2) is 15.0 Å². The lowest BCUT2D eigenvalue weighted by Crippen LogP contribution is -2.15. The van der Waals surface area contributed by atoms with Gasteiger partial charge in [-0.3, -0.25) is 4.98 Å². The van der Waals surface area contributed by atoms with Gasteiger partial charge in [0, 0.05) is 33.9 Å². The van der Waals surface area contributed by atoms with Gasteiger partial charge in [0.05, 0.1) is 17.1 Å². The third kappa shape index (κ3) is 4.94. The Balaban J connectivity index is 1.18.